The molecule has 2 heterocycles. The van der Waals surface area contributed by atoms with Crippen LogP contribution < -0.4 is 10.2 Å². The van der Waals surface area contributed by atoms with Crippen LogP contribution in [0.25, 0.3) is 11.0 Å². The minimum absolute atomic E-state index is 0.216. The van der Waals surface area contributed by atoms with Gasteiger partial charge in [-0.1, -0.05) is 12.1 Å². The van der Waals surface area contributed by atoms with Crippen LogP contribution in [0.15, 0.2) is 30.5 Å². The van der Waals surface area contributed by atoms with Crippen molar-refractivity contribution in [1.29, 1.82) is 0 Å². The van der Waals surface area contributed by atoms with Crippen LogP contribution in [-0.2, 0) is 4.74 Å². The molecule has 1 atom stereocenters. The molecule has 1 amide bonds. The second-order valence-corrected chi connectivity index (χ2v) is 7.09. The van der Waals surface area contributed by atoms with Gasteiger partial charge in [-0.3, -0.25) is 4.98 Å². The molecule has 6 heteroatoms. The first kappa shape index (κ1) is 16.5. The van der Waals surface area contributed by atoms with E-state index in [2.05, 4.69) is 15.2 Å². The first-order valence-electron chi connectivity index (χ1n) is 8.38. The highest BCUT2D eigenvalue weighted by molar-refractivity contribution is 5.75. The highest BCUT2D eigenvalue weighted by atomic mass is 16.6. The summed E-state index contributed by atoms with van der Waals surface area (Å²) in [5.74, 6) is 0.863. The third kappa shape index (κ3) is 3.93. The van der Waals surface area contributed by atoms with E-state index in [9.17, 15) is 4.79 Å². The van der Waals surface area contributed by atoms with Crippen molar-refractivity contribution in [1.82, 2.24) is 15.3 Å². The van der Waals surface area contributed by atoms with E-state index in [1.165, 1.54) is 0 Å². The lowest BCUT2D eigenvalue weighted by molar-refractivity contribution is 0.0525. The van der Waals surface area contributed by atoms with Gasteiger partial charge < -0.3 is 15.0 Å². The molecule has 1 saturated heterocycles. The average Bonchev–Trinajstić information content (AvgIpc) is 2.99. The van der Waals surface area contributed by atoms with Gasteiger partial charge in [-0.25, -0.2) is 9.78 Å². The molecule has 0 bridgehead atoms. The Bertz CT molecular complexity index is 726. The largest absolute Gasteiger partial charge is 0.444 e. The van der Waals surface area contributed by atoms with Crippen molar-refractivity contribution in [3.63, 3.8) is 0 Å². The molecule has 0 unspecified atom stereocenters. The SMILES string of the molecule is CC(C)(C)OC(=O)NC[C@H]1CCCN1c1cnc2ccccc2n1. The van der Waals surface area contributed by atoms with Crippen molar-refractivity contribution in [2.24, 2.45) is 0 Å². The standard InChI is InChI=1S/C18H24N4O2/c1-18(2,3)24-17(23)20-11-13-7-6-10-22(13)16-12-19-14-8-4-5-9-15(14)21-16/h4-5,8-9,12-13H,6-7,10-11H2,1-3H3,(H,20,23)/t13-/m1/s1. The Balaban J connectivity index is 1.67. The third-order valence-corrected chi connectivity index (χ3v) is 3.99. The van der Waals surface area contributed by atoms with Gasteiger partial charge in [0.05, 0.1) is 17.2 Å². The molecule has 2 aromatic rings. The molecule has 0 spiro atoms. The molecular formula is C18H24N4O2. The van der Waals surface area contributed by atoms with Crippen LogP contribution in [0, 0.1) is 0 Å². The molecule has 3 rings (SSSR count). The number of alkyl carbamates (subject to hydrolysis) is 1. The summed E-state index contributed by atoms with van der Waals surface area (Å²) in [6.45, 7) is 7.05. The van der Waals surface area contributed by atoms with E-state index < -0.39 is 5.60 Å². The summed E-state index contributed by atoms with van der Waals surface area (Å²) < 4.78 is 5.30. The lowest BCUT2D eigenvalue weighted by Gasteiger charge is -2.26. The zero-order valence-electron chi connectivity index (χ0n) is 14.5. The number of benzene rings is 1. The number of rotatable bonds is 3. The number of fused-ring (bicyclic) bond motifs is 1. The number of anilines is 1. The molecule has 1 fully saturated rings. The molecule has 1 aliphatic heterocycles. The lowest BCUT2D eigenvalue weighted by atomic mass is 10.2. The molecule has 0 radical (unpaired) electrons. The summed E-state index contributed by atoms with van der Waals surface area (Å²) in [7, 11) is 0. The van der Waals surface area contributed by atoms with Crippen LogP contribution in [-0.4, -0.2) is 40.8 Å². The number of para-hydroxylation sites is 2. The predicted molar refractivity (Wildman–Crippen MR) is 94.1 cm³/mol. The molecule has 6 nitrogen and oxygen atoms in total. The number of hydrogen-bond donors (Lipinski definition) is 1. The number of nitrogens with zero attached hydrogens (tertiary/aromatic N) is 3. The Morgan fingerprint density at radius 2 is 2.08 bits per heavy atom. The molecular weight excluding hydrogens is 304 g/mol. The molecule has 1 aliphatic rings. The van der Waals surface area contributed by atoms with E-state index in [4.69, 9.17) is 9.72 Å². The van der Waals surface area contributed by atoms with Gasteiger partial charge in [0.2, 0.25) is 0 Å². The first-order valence-corrected chi connectivity index (χ1v) is 8.38. The van der Waals surface area contributed by atoms with E-state index in [-0.39, 0.29) is 12.1 Å². The fourth-order valence-corrected chi connectivity index (χ4v) is 2.95. The highest BCUT2D eigenvalue weighted by Crippen LogP contribution is 2.24. The Morgan fingerprint density at radius 3 is 2.83 bits per heavy atom. The van der Waals surface area contributed by atoms with E-state index in [0.29, 0.717) is 6.54 Å². The number of nitrogens with one attached hydrogen (secondary N) is 1. The van der Waals surface area contributed by atoms with E-state index in [1.54, 1.807) is 0 Å². The molecule has 0 aliphatic carbocycles. The van der Waals surface area contributed by atoms with Gasteiger partial charge in [-0.05, 0) is 45.7 Å². The minimum atomic E-state index is -0.483. The second kappa shape index (κ2) is 6.63. The van der Waals surface area contributed by atoms with Gasteiger partial charge in [0.15, 0.2) is 0 Å². The van der Waals surface area contributed by atoms with Gasteiger partial charge in [0.25, 0.3) is 0 Å². The molecule has 0 saturated carbocycles. The number of ether oxygens (including phenoxy) is 1. The molecule has 1 N–H and O–H groups in total. The Hall–Kier alpha value is -2.37. The molecule has 1 aromatic heterocycles. The van der Waals surface area contributed by atoms with E-state index in [0.717, 1.165) is 36.2 Å². The summed E-state index contributed by atoms with van der Waals surface area (Å²) in [5, 5.41) is 2.87. The minimum Gasteiger partial charge on any atom is -0.444 e. The average molecular weight is 328 g/mol. The van der Waals surface area contributed by atoms with Crippen LogP contribution >= 0.6 is 0 Å². The van der Waals surface area contributed by atoms with Gasteiger partial charge in [-0.2, -0.15) is 0 Å². The van der Waals surface area contributed by atoms with Gasteiger partial charge in [0, 0.05) is 19.1 Å². The summed E-state index contributed by atoms with van der Waals surface area (Å²) in [6.07, 6.45) is 3.53. The second-order valence-electron chi connectivity index (χ2n) is 7.09. The van der Waals surface area contributed by atoms with Crippen molar-refractivity contribution in [3.8, 4) is 0 Å². The summed E-state index contributed by atoms with van der Waals surface area (Å²) in [4.78, 5) is 23.3. The normalized spacial score (nSPS) is 18.0. The first-order chi connectivity index (χ1) is 11.4. The maximum Gasteiger partial charge on any atom is 0.407 e. The van der Waals surface area contributed by atoms with Crippen LogP contribution in [0.3, 0.4) is 0 Å². The number of carbonyl (C=O) groups excluding carboxylic acids is 1. The van der Waals surface area contributed by atoms with Crippen LogP contribution in [0.4, 0.5) is 10.6 Å². The Labute approximate surface area is 142 Å². The number of hydrogen-bond acceptors (Lipinski definition) is 5. The third-order valence-electron chi connectivity index (χ3n) is 3.99. The summed E-state index contributed by atoms with van der Waals surface area (Å²) >= 11 is 0. The lowest BCUT2D eigenvalue weighted by Crippen LogP contribution is -2.42. The van der Waals surface area contributed by atoms with Crippen molar-refractivity contribution in [3.05, 3.63) is 30.5 Å². The molecule has 128 valence electrons. The molecule has 1 aromatic carbocycles. The number of aromatic nitrogens is 2. The summed E-state index contributed by atoms with van der Waals surface area (Å²) in [6, 6.07) is 8.06. The van der Waals surface area contributed by atoms with Gasteiger partial charge in [-0.15, -0.1) is 0 Å². The monoisotopic (exact) mass is 328 g/mol. The number of amides is 1. The van der Waals surface area contributed by atoms with Gasteiger partial charge >= 0.3 is 6.09 Å². The quantitative estimate of drug-likeness (QED) is 0.937. The summed E-state index contributed by atoms with van der Waals surface area (Å²) in [5.41, 5.74) is 1.30. The topological polar surface area (TPSA) is 67.3 Å². The van der Waals surface area contributed by atoms with Crippen LogP contribution in [0.1, 0.15) is 33.6 Å². The number of carbonyl (C=O) groups is 1. The van der Waals surface area contributed by atoms with Gasteiger partial charge in [0.1, 0.15) is 11.4 Å². The maximum absolute atomic E-state index is 11.9. The van der Waals surface area contributed by atoms with Crippen molar-refractivity contribution in [2.75, 3.05) is 18.0 Å². The van der Waals surface area contributed by atoms with Crippen LogP contribution in [0.2, 0.25) is 0 Å². The Morgan fingerprint density at radius 1 is 1.33 bits per heavy atom. The van der Waals surface area contributed by atoms with E-state index in [1.807, 2.05) is 51.2 Å². The Kier molecular flexibility index (Phi) is 4.55. The zero-order valence-corrected chi connectivity index (χ0v) is 14.5. The van der Waals surface area contributed by atoms with Crippen molar-refractivity contribution < 1.29 is 9.53 Å². The van der Waals surface area contributed by atoms with Crippen molar-refractivity contribution >= 4 is 22.9 Å². The maximum atomic E-state index is 11.9. The fraction of sp³-hybridized carbons (Fsp3) is 0.500. The smallest absolute Gasteiger partial charge is 0.407 e. The predicted octanol–water partition coefficient (Wildman–Crippen LogP) is 3.12. The fourth-order valence-electron chi connectivity index (χ4n) is 2.95. The molecule has 24 heavy (non-hydrogen) atoms. The van der Waals surface area contributed by atoms with Crippen LogP contribution in [0.5, 0.6) is 0 Å². The van der Waals surface area contributed by atoms with E-state index >= 15 is 0 Å². The van der Waals surface area contributed by atoms with Crippen molar-refractivity contribution in [2.45, 2.75) is 45.3 Å². The zero-order chi connectivity index (χ0) is 17.2. The highest BCUT2D eigenvalue weighted by Gasteiger charge is 2.27.